The van der Waals surface area contributed by atoms with Crippen molar-refractivity contribution in [1.82, 2.24) is 10.3 Å². The van der Waals surface area contributed by atoms with Crippen LogP contribution in [0.3, 0.4) is 0 Å². The molecule has 1 unspecified atom stereocenters. The molecule has 7 nitrogen and oxygen atoms in total. The molecule has 0 spiro atoms. The summed E-state index contributed by atoms with van der Waals surface area (Å²) in [5.41, 5.74) is 2.07. The summed E-state index contributed by atoms with van der Waals surface area (Å²) in [6, 6.07) is 13.2. The van der Waals surface area contributed by atoms with E-state index in [1.807, 2.05) is 24.3 Å². The van der Waals surface area contributed by atoms with Crippen molar-refractivity contribution in [3.05, 3.63) is 88.4 Å². The van der Waals surface area contributed by atoms with Gasteiger partial charge in [-0.25, -0.2) is 4.79 Å². The fraction of sp³-hybridized carbons (Fsp3) is 0.0870. The minimum absolute atomic E-state index is 0.122. The van der Waals surface area contributed by atoms with E-state index < -0.39 is 17.9 Å². The van der Waals surface area contributed by atoms with Crippen molar-refractivity contribution >= 4 is 39.8 Å². The highest BCUT2D eigenvalue weighted by Crippen LogP contribution is 2.19. The molecule has 30 heavy (non-hydrogen) atoms. The first-order chi connectivity index (χ1) is 14.5. The van der Waals surface area contributed by atoms with Gasteiger partial charge < -0.3 is 19.8 Å². The molecule has 150 valence electrons. The Balaban J connectivity index is 1.50. The zero-order valence-corrected chi connectivity index (χ0v) is 15.8. The van der Waals surface area contributed by atoms with Crippen LogP contribution in [0, 0.1) is 0 Å². The number of hydrogen-bond acceptors (Lipinski definition) is 4. The second-order valence-electron chi connectivity index (χ2n) is 6.81. The van der Waals surface area contributed by atoms with E-state index >= 15 is 0 Å². The molecule has 7 heteroatoms. The highest BCUT2D eigenvalue weighted by Gasteiger charge is 2.21. The number of carboxylic acids is 1. The number of fused-ring (bicyclic) bond motifs is 2. The van der Waals surface area contributed by atoms with E-state index in [0.29, 0.717) is 11.0 Å². The first kappa shape index (κ1) is 19.2. The van der Waals surface area contributed by atoms with Gasteiger partial charge in [-0.05, 0) is 29.8 Å². The molecule has 0 saturated carbocycles. The van der Waals surface area contributed by atoms with Gasteiger partial charge in [0.1, 0.15) is 17.9 Å². The predicted molar refractivity (Wildman–Crippen MR) is 113 cm³/mol. The van der Waals surface area contributed by atoms with Crippen LogP contribution in [0.1, 0.15) is 11.1 Å². The van der Waals surface area contributed by atoms with Gasteiger partial charge in [0, 0.05) is 29.6 Å². The highest BCUT2D eigenvalue weighted by atomic mass is 16.4. The molecule has 4 rings (SSSR count). The summed E-state index contributed by atoms with van der Waals surface area (Å²) >= 11 is 0. The number of carboxylic acid groups (broad SMARTS) is 1. The number of aromatic nitrogens is 1. The zero-order chi connectivity index (χ0) is 21.1. The standard InChI is InChI=1S/C23H18N2O5/c26-21(10-9-14-13-30-20-8-4-2-6-17(20)22(14)27)25-19(23(28)29)11-15-12-24-18-7-3-1-5-16(15)18/h1-10,12-13,19,24H,11H2,(H,25,26)(H,28,29)/b10-9+. The fourth-order valence-corrected chi connectivity index (χ4v) is 3.31. The maximum atomic E-state index is 12.5. The van der Waals surface area contributed by atoms with Crippen LogP contribution >= 0.6 is 0 Å². The van der Waals surface area contributed by atoms with Gasteiger partial charge in [0.25, 0.3) is 0 Å². The molecule has 2 aromatic carbocycles. The van der Waals surface area contributed by atoms with Gasteiger partial charge in [-0.3, -0.25) is 9.59 Å². The van der Waals surface area contributed by atoms with E-state index in [9.17, 15) is 19.5 Å². The number of rotatable bonds is 6. The van der Waals surface area contributed by atoms with Crippen LogP contribution in [0.4, 0.5) is 0 Å². The summed E-state index contributed by atoms with van der Waals surface area (Å²) in [4.78, 5) is 39.5. The molecule has 2 aromatic heterocycles. The second-order valence-corrected chi connectivity index (χ2v) is 6.81. The van der Waals surface area contributed by atoms with Crippen molar-refractivity contribution in [3.8, 4) is 0 Å². The van der Waals surface area contributed by atoms with Gasteiger partial charge in [-0.1, -0.05) is 30.3 Å². The maximum absolute atomic E-state index is 12.5. The molecule has 3 N–H and O–H groups in total. The number of carbonyl (C=O) groups excluding carboxylic acids is 1. The van der Waals surface area contributed by atoms with Gasteiger partial charge in [0.2, 0.25) is 5.91 Å². The lowest BCUT2D eigenvalue weighted by Gasteiger charge is -2.12. The first-order valence-corrected chi connectivity index (χ1v) is 9.30. The molecule has 0 aliphatic heterocycles. The monoisotopic (exact) mass is 402 g/mol. The van der Waals surface area contributed by atoms with Crippen LogP contribution in [0.25, 0.3) is 27.9 Å². The molecule has 1 atom stereocenters. The average molecular weight is 402 g/mol. The number of benzene rings is 2. The summed E-state index contributed by atoms with van der Waals surface area (Å²) < 4.78 is 5.41. The van der Waals surface area contributed by atoms with E-state index in [-0.39, 0.29) is 17.4 Å². The molecule has 4 aromatic rings. The maximum Gasteiger partial charge on any atom is 0.326 e. The second kappa shape index (κ2) is 8.08. The van der Waals surface area contributed by atoms with E-state index in [1.54, 1.807) is 30.5 Å². The van der Waals surface area contributed by atoms with Gasteiger partial charge in [0.15, 0.2) is 5.43 Å². The van der Waals surface area contributed by atoms with E-state index in [0.717, 1.165) is 22.5 Å². The van der Waals surface area contributed by atoms with Crippen molar-refractivity contribution < 1.29 is 19.1 Å². The summed E-state index contributed by atoms with van der Waals surface area (Å²) in [6.45, 7) is 0. The zero-order valence-electron chi connectivity index (χ0n) is 15.8. The molecule has 1 amide bonds. The summed E-state index contributed by atoms with van der Waals surface area (Å²) in [6.07, 6.45) is 5.58. The number of H-pyrrole nitrogens is 1. The Morgan fingerprint density at radius 1 is 1.10 bits per heavy atom. The first-order valence-electron chi connectivity index (χ1n) is 9.30. The molecule has 2 heterocycles. The van der Waals surface area contributed by atoms with Crippen LogP contribution < -0.4 is 10.7 Å². The van der Waals surface area contributed by atoms with E-state index in [4.69, 9.17) is 4.42 Å². The number of amides is 1. The normalized spacial score (nSPS) is 12.4. The largest absolute Gasteiger partial charge is 0.480 e. The van der Waals surface area contributed by atoms with Crippen LogP contribution in [-0.4, -0.2) is 28.0 Å². The van der Waals surface area contributed by atoms with Crippen molar-refractivity contribution in [1.29, 1.82) is 0 Å². The van der Waals surface area contributed by atoms with E-state index in [2.05, 4.69) is 10.3 Å². The Morgan fingerprint density at radius 3 is 2.63 bits per heavy atom. The highest BCUT2D eigenvalue weighted by molar-refractivity contribution is 5.95. The molecule has 0 aliphatic carbocycles. The predicted octanol–water partition coefficient (Wildman–Crippen LogP) is 3.10. The topological polar surface area (TPSA) is 112 Å². The molecule has 0 aliphatic rings. The minimum atomic E-state index is -1.15. The van der Waals surface area contributed by atoms with Crippen molar-refractivity contribution in [2.24, 2.45) is 0 Å². The third-order valence-electron chi connectivity index (χ3n) is 4.83. The molecular formula is C23H18N2O5. The Bertz CT molecular complexity index is 1330. The molecule has 0 radical (unpaired) electrons. The smallest absolute Gasteiger partial charge is 0.326 e. The molecule has 0 bridgehead atoms. The lowest BCUT2D eigenvalue weighted by atomic mass is 10.0. The molecule has 0 fully saturated rings. The number of para-hydroxylation sites is 2. The molecular weight excluding hydrogens is 384 g/mol. The lowest BCUT2D eigenvalue weighted by Crippen LogP contribution is -2.41. The van der Waals surface area contributed by atoms with Crippen molar-refractivity contribution in [3.63, 3.8) is 0 Å². The number of hydrogen-bond donors (Lipinski definition) is 3. The van der Waals surface area contributed by atoms with E-state index in [1.165, 1.54) is 12.3 Å². The Labute approximate surface area is 170 Å². The van der Waals surface area contributed by atoms with Crippen LogP contribution in [-0.2, 0) is 16.0 Å². The SMILES string of the molecule is O=C(/C=C/c1coc2ccccc2c1=O)NC(Cc1c[nH]c2ccccc12)C(=O)O. The van der Waals surface area contributed by atoms with Gasteiger partial charge in [-0.15, -0.1) is 0 Å². The van der Waals surface area contributed by atoms with Crippen LogP contribution in [0.2, 0.25) is 0 Å². The third-order valence-corrected chi connectivity index (χ3v) is 4.83. The fourth-order valence-electron chi connectivity index (χ4n) is 3.31. The van der Waals surface area contributed by atoms with Gasteiger partial charge >= 0.3 is 5.97 Å². The average Bonchev–Trinajstić information content (AvgIpc) is 3.16. The Morgan fingerprint density at radius 2 is 1.83 bits per heavy atom. The van der Waals surface area contributed by atoms with Gasteiger partial charge in [0.05, 0.1) is 10.9 Å². The van der Waals surface area contributed by atoms with Crippen molar-refractivity contribution in [2.45, 2.75) is 12.5 Å². The Hall–Kier alpha value is -4.13. The number of carbonyl (C=O) groups is 2. The number of aromatic amines is 1. The number of aliphatic carboxylic acids is 1. The summed E-state index contributed by atoms with van der Waals surface area (Å²) in [5, 5.41) is 13.3. The summed E-state index contributed by atoms with van der Waals surface area (Å²) in [7, 11) is 0. The third kappa shape index (κ3) is 3.86. The summed E-state index contributed by atoms with van der Waals surface area (Å²) in [5.74, 6) is -1.76. The van der Waals surface area contributed by atoms with Crippen LogP contribution in [0.15, 0.2) is 76.3 Å². The molecule has 0 saturated heterocycles. The minimum Gasteiger partial charge on any atom is -0.480 e. The quantitative estimate of drug-likeness (QED) is 0.429. The number of nitrogens with one attached hydrogen (secondary N) is 2. The van der Waals surface area contributed by atoms with Crippen LogP contribution in [0.5, 0.6) is 0 Å². The van der Waals surface area contributed by atoms with Gasteiger partial charge in [-0.2, -0.15) is 0 Å². The van der Waals surface area contributed by atoms with Crippen molar-refractivity contribution in [2.75, 3.05) is 0 Å². The Kier molecular flexibility index (Phi) is 5.17. The lowest BCUT2D eigenvalue weighted by molar-refractivity contribution is -0.141.